The van der Waals surface area contributed by atoms with Crippen molar-refractivity contribution in [3.8, 4) is 5.75 Å². The fraction of sp³-hybridized carbons (Fsp3) is 0.235. The Labute approximate surface area is 134 Å². The number of nitrogens with one attached hydrogen (secondary N) is 1. The van der Waals surface area contributed by atoms with Crippen molar-refractivity contribution in [1.82, 2.24) is 0 Å². The number of hydrogen-bond acceptors (Lipinski definition) is 3. The van der Waals surface area contributed by atoms with Crippen LogP contribution in [-0.2, 0) is 11.2 Å². The Hall–Kier alpha value is -2.04. The minimum Gasteiger partial charge on any atom is -0.483 e. The van der Waals surface area contributed by atoms with Gasteiger partial charge in [0.25, 0.3) is 5.91 Å². The number of rotatable bonds is 6. The monoisotopic (exact) mass is 319 g/mol. The summed E-state index contributed by atoms with van der Waals surface area (Å²) in [4.78, 5) is 11.9. The fourth-order valence-electron chi connectivity index (χ4n) is 2.00. The molecule has 0 heterocycles. The van der Waals surface area contributed by atoms with E-state index in [1.165, 1.54) is 0 Å². The molecular weight excluding hydrogens is 302 g/mol. The lowest BCUT2D eigenvalue weighted by Crippen LogP contribution is -2.20. The molecule has 0 unspecified atom stereocenters. The number of aliphatic hydroxyl groups is 1. The lowest BCUT2D eigenvalue weighted by molar-refractivity contribution is -0.118. The van der Waals surface area contributed by atoms with Crippen LogP contribution in [-0.4, -0.2) is 24.2 Å². The van der Waals surface area contributed by atoms with Crippen LogP contribution in [0.1, 0.15) is 11.1 Å². The average Bonchev–Trinajstić information content (AvgIpc) is 2.49. The molecule has 22 heavy (non-hydrogen) atoms. The molecule has 2 N–H and O–H groups in total. The first-order valence-corrected chi connectivity index (χ1v) is 7.35. The lowest BCUT2D eigenvalue weighted by atomic mass is 10.1. The van der Waals surface area contributed by atoms with Gasteiger partial charge in [-0.1, -0.05) is 23.7 Å². The van der Waals surface area contributed by atoms with Gasteiger partial charge in [-0.3, -0.25) is 4.79 Å². The number of anilines is 1. The molecule has 0 saturated heterocycles. The number of benzene rings is 2. The van der Waals surface area contributed by atoms with E-state index in [-0.39, 0.29) is 19.1 Å². The van der Waals surface area contributed by atoms with Crippen molar-refractivity contribution >= 4 is 23.2 Å². The summed E-state index contributed by atoms with van der Waals surface area (Å²) >= 11 is 5.87. The van der Waals surface area contributed by atoms with E-state index in [0.717, 1.165) is 11.1 Å². The van der Waals surface area contributed by atoms with Crippen molar-refractivity contribution in [1.29, 1.82) is 0 Å². The molecule has 0 bridgehead atoms. The van der Waals surface area contributed by atoms with E-state index >= 15 is 0 Å². The van der Waals surface area contributed by atoms with E-state index in [0.29, 0.717) is 22.9 Å². The molecule has 0 atom stereocenters. The highest BCUT2D eigenvalue weighted by Crippen LogP contribution is 2.21. The number of ether oxygens (including phenoxy) is 1. The molecule has 0 aromatic heterocycles. The largest absolute Gasteiger partial charge is 0.483 e. The van der Waals surface area contributed by atoms with Gasteiger partial charge in [-0.25, -0.2) is 0 Å². The van der Waals surface area contributed by atoms with Crippen LogP contribution in [0.3, 0.4) is 0 Å². The van der Waals surface area contributed by atoms with Gasteiger partial charge in [0, 0.05) is 17.3 Å². The first-order chi connectivity index (χ1) is 10.6. The third kappa shape index (κ3) is 4.76. The number of hydrogen-bond donors (Lipinski definition) is 2. The lowest BCUT2D eigenvalue weighted by Gasteiger charge is -2.10. The molecule has 0 aliphatic carbocycles. The zero-order valence-corrected chi connectivity index (χ0v) is 13.1. The van der Waals surface area contributed by atoms with Crippen LogP contribution in [0.2, 0.25) is 5.02 Å². The zero-order chi connectivity index (χ0) is 15.9. The SMILES string of the molecule is Cc1cc(Cl)ccc1OCC(=O)Nc1ccc(CCO)cc1. The Morgan fingerprint density at radius 1 is 1.23 bits per heavy atom. The van der Waals surface area contributed by atoms with Crippen molar-refractivity contribution in [2.24, 2.45) is 0 Å². The summed E-state index contributed by atoms with van der Waals surface area (Å²) in [5.41, 5.74) is 2.60. The maximum atomic E-state index is 11.9. The van der Waals surface area contributed by atoms with Crippen molar-refractivity contribution in [3.63, 3.8) is 0 Å². The van der Waals surface area contributed by atoms with Crippen LogP contribution in [0, 0.1) is 6.92 Å². The minimum absolute atomic E-state index is 0.0686. The quantitative estimate of drug-likeness (QED) is 0.859. The molecule has 0 aliphatic rings. The predicted molar refractivity (Wildman–Crippen MR) is 87.5 cm³/mol. The third-order valence-corrected chi connectivity index (χ3v) is 3.37. The zero-order valence-electron chi connectivity index (χ0n) is 12.3. The molecule has 2 rings (SSSR count). The Morgan fingerprint density at radius 2 is 1.95 bits per heavy atom. The summed E-state index contributed by atoms with van der Waals surface area (Å²) in [6.07, 6.45) is 0.604. The first-order valence-electron chi connectivity index (χ1n) is 6.97. The molecule has 2 aromatic carbocycles. The highest BCUT2D eigenvalue weighted by molar-refractivity contribution is 6.30. The molecule has 116 valence electrons. The maximum Gasteiger partial charge on any atom is 0.262 e. The average molecular weight is 320 g/mol. The predicted octanol–water partition coefficient (Wildman–Crippen LogP) is 3.20. The highest BCUT2D eigenvalue weighted by atomic mass is 35.5. The van der Waals surface area contributed by atoms with Crippen LogP contribution in [0.15, 0.2) is 42.5 Å². The van der Waals surface area contributed by atoms with Crippen molar-refractivity contribution in [3.05, 3.63) is 58.6 Å². The van der Waals surface area contributed by atoms with Crippen LogP contribution in [0.4, 0.5) is 5.69 Å². The molecular formula is C17H18ClNO3. The minimum atomic E-state index is -0.232. The van der Waals surface area contributed by atoms with Gasteiger partial charge in [0.2, 0.25) is 0 Å². The maximum absolute atomic E-state index is 11.9. The summed E-state index contributed by atoms with van der Waals surface area (Å²) in [7, 11) is 0. The number of amides is 1. The van der Waals surface area contributed by atoms with Crippen LogP contribution < -0.4 is 10.1 Å². The molecule has 0 radical (unpaired) electrons. The van der Waals surface area contributed by atoms with Gasteiger partial charge < -0.3 is 15.2 Å². The standard InChI is InChI=1S/C17H18ClNO3/c1-12-10-14(18)4-7-16(12)22-11-17(21)19-15-5-2-13(3-6-15)8-9-20/h2-7,10,20H,8-9,11H2,1H3,(H,19,21). The second-order valence-electron chi connectivity index (χ2n) is 4.92. The van der Waals surface area contributed by atoms with E-state index in [1.807, 2.05) is 19.1 Å². The second kappa shape index (κ2) is 7.82. The topological polar surface area (TPSA) is 58.6 Å². The number of aliphatic hydroxyl groups excluding tert-OH is 1. The molecule has 2 aromatic rings. The molecule has 0 fully saturated rings. The summed E-state index contributed by atoms with van der Waals surface area (Å²) in [6.45, 7) is 1.92. The van der Waals surface area contributed by atoms with Crippen molar-refractivity contribution in [2.45, 2.75) is 13.3 Å². The van der Waals surface area contributed by atoms with Gasteiger partial charge >= 0.3 is 0 Å². The highest BCUT2D eigenvalue weighted by Gasteiger charge is 2.06. The van der Waals surface area contributed by atoms with Crippen molar-refractivity contribution < 1.29 is 14.6 Å². The normalized spacial score (nSPS) is 10.3. The van der Waals surface area contributed by atoms with E-state index < -0.39 is 0 Å². The van der Waals surface area contributed by atoms with Gasteiger partial charge in [-0.05, 0) is 54.8 Å². The summed E-state index contributed by atoms with van der Waals surface area (Å²) in [5.74, 6) is 0.405. The second-order valence-corrected chi connectivity index (χ2v) is 5.35. The molecule has 0 aliphatic heterocycles. The Morgan fingerprint density at radius 3 is 2.59 bits per heavy atom. The summed E-state index contributed by atoms with van der Waals surface area (Å²) in [5, 5.41) is 12.3. The van der Waals surface area contributed by atoms with Gasteiger partial charge in [0.1, 0.15) is 5.75 Å². The van der Waals surface area contributed by atoms with Gasteiger partial charge in [-0.15, -0.1) is 0 Å². The molecule has 4 nitrogen and oxygen atoms in total. The van der Waals surface area contributed by atoms with Crippen molar-refractivity contribution in [2.75, 3.05) is 18.5 Å². The van der Waals surface area contributed by atoms with Crippen LogP contribution in [0.5, 0.6) is 5.75 Å². The van der Waals surface area contributed by atoms with Gasteiger partial charge in [0.05, 0.1) is 0 Å². The number of carbonyl (C=O) groups is 1. The number of carbonyl (C=O) groups excluding carboxylic acids is 1. The van der Waals surface area contributed by atoms with E-state index in [9.17, 15) is 4.79 Å². The summed E-state index contributed by atoms with van der Waals surface area (Å²) < 4.78 is 5.48. The van der Waals surface area contributed by atoms with Gasteiger partial charge in [0.15, 0.2) is 6.61 Å². The van der Waals surface area contributed by atoms with E-state index in [2.05, 4.69) is 5.32 Å². The fourth-order valence-corrected chi connectivity index (χ4v) is 2.23. The molecule has 0 saturated carbocycles. The van der Waals surface area contributed by atoms with E-state index in [4.69, 9.17) is 21.4 Å². The molecule has 0 spiro atoms. The molecule has 1 amide bonds. The van der Waals surface area contributed by atoms with E-state index in [1.54, 1.807) is 30.3 Å². The third-order valence-electron chi connectivity index (χ3n) is 3.13. The Balaban J connectivity index is 1.87. The van der Waals surface area contributed by atoms with Crippen LogP contribution >= 0.6 is 11.6 Å². The smallest absolute Gasteiger partial charge is 0.262 e. The summed E-state index contributed by atoms with van der Waals surface area (Å²) in [6, 6.07) is 12.6. The Kier molecular flexibility index (Phi) is 5.81. The van der Waals surface area contributed by atoms with Crippen LogP contribution in [0.25, 0.3) is 0 Å². The Bertz CT molecular complexity index is 641. The molecule has 5 heteroatoms. The number of aryl methyl sites for hydroxylation is 1. The van der Waals surface area contributed by atoms with Gasteiger partial charge in [-0.2, -0.15) is 0 Å². The first kappa shape index (κ1) is 16.3. The number of halogens is 1.